The van der Waals surface area contributed by atoms with E-state index in [1.807, 2.05) is 30.3 Å². The van der Waals surface area contributed by atoms with Gasteiger partial charge in [-0.15, -0.1) is 0 Å². The topological polar surface area (TPSA) is 70.4 Å². The Morgan fingerprint density at radius 2 is 1.90 bits per heavy atom. The second-order valence-electron chi connectivity index (χ2n) is 4.27. The van der Waals surface area contributed by atoms with Gasteiger partial charge in [0.25, 0.3) is 0 Å². The quantitative estimate of drug-likeness (QED) is 0.788. The van der Waals surface area contributed by atoms with Gasteiger partial charge in [-0.25, -0.2) is 9.48 Å². The number of carbonyl (C=O) groups excluding carboxylic acids is 2. The van der Waals surface area contributed by atoms with E-state index in [2.05, 4.69) is 5.10 Å². The third kappa shape index (κ3) is 3.68. The predicted molar refractivity (Wildman–Crippen MR) is 75.0 cm³/mol. The molecule has 6 heteroatoms. The lowest BCUT2D eigenvalue weighted by Gasteiger charge is -2.06. The van der Waals surface area contributed by atoms with Gasteiger partial charge >= 0.3 is 11.9 Å². The first-order valence-corrected chi connectivity index (χ1v) is 6.56. The number of hydrogen-bond acceptors (Lipinski definition) is 5. The number of carbonyl (C=O) groups is 2. The third-order valence-electron chi connectivity index (χ3n) is 2.69. The van der Waals surface area contributed by atoms with E-state index >= 15 is 0 Å². The summed E-state index contributed by atoms with van der Waals surface area (Å²) in [6, 6.07) is 10.9. The molecule has 0 aliphatic rings. The first kappa shape index (κ1) is 14.8. The van der Waals surface area contributed by atoms with E-state index in [0.29, 0.717) is 5.69 Å². The predicted octanol–water partition coefficient (Wildman–Crippen LogP) is 2.11. The lowest BCUT2D eigenvalue weighted by molar-refractivity contribution is -0.142. The number of rotatable bonds is 5. The van der Waals surface area contributed by atoms with Gasteiger partial charge in [-0.05, 0) is 25.1 Å². The molecule has 1 heterocycles. The summed E-state index contributed by atoms with van der Waals surface area (Å²) in [7, 11) is 0. The second-order valence-corrected chi connectivity index (χ2v) is 4.27. The fourth-order valence-electron chi connectivity index (χ4n) is 1.80. The van der Waals surface area contributed by atoms with Crippen LogP contribution in [0.4, 0.5) is 0 Å². The SMILES string of the molecule is CCOC(=O)c1cc(COC(C)=O)n(-c2ccccc2)n1. The first-order valence-electron chi connectivity index (χ1n) is 6.56. The van der Waals surface area contributed by atoms with Gasteiger partial charge in [0.15, 0.2) is 5.69 Å². The van der Waals surface area contributed by atoms with Crippen molar-refractivity contribution in [3.63, 3.8) is 0 Å². The summed E-state index contributed by atoms with van der Waals surface area (Å²) < 4.78 is 11.5. The van der Waals surface area contributed by atoms with Crippen molar-refractivity contribution in [3.05, 3.63) is 47.8 Å². The number of ether oxygens (including phenoxy) is 2. The minimum atomic E-state index is -0.503. The highest BCUT2D eigenvalue weighted by Crippen LogP contribution is 2.14. The molecule has 1 aromatic heterocycles. The highest BCUT2D eigenvalue weighted by Gasteiger charge is 2.16. The molecule has 0 bridgehead atoms. The Morgan fingerprint density at radius 1 is 1.19 bits per heavy atom. The van der Waals surface area contributed by atoms with Crippen molar-refractivity contribution in [2.24, 2.45) is 0 Å². The number of benzene rings is 1. The van der Waals surface area contributed by atoms with Crippen molar-refractivity contribution in [2.75, 3.05) is 6.61 Å². The summed E-state index contributed by atoms with van der Waals surface area (Å²) in [6.07, 6.45) is 0. The summed E-state index contributed by atoms with van der Waals surface area (Å²) in [5.74, 6) is -0.898. The number of aromatic nitrogens is 2. The molecule has 2 rings (SSSR count). The summed E-state index contributed by atoms with van der Waals surface area (Å²) in [4.78, 5) is 22.7. The molecule has 1 aromatic carbocycles. The zero-order valence-corrected chi connectivity index (χ0v) is 11.9. The van der Waals surface area contributed by atoms with Gasteiger partial charge in [0.1, 0.15) is 6.61 Å². The molecule has 110 valence electrons. The molecule has 0 aliphatic heterocycles. The van der Waals surface area contributed by atoms with Crippen LogP contribution < -0.4 is 0 Å². The molecule has 0 amide bonds. The van der Waals surface area contributed by atoms with Gasteiger partial charge in [0, 0.05) is 6.92 Å². The molecule has 0 saturated carbocycles. The Hall–Kier alpha value is -2.63. The molecule has 0 spiro atoms. The van der Waals surface area contributed by atoms with Gasteiger partial charge < -0.3 is 9.47 Å². The van der Waals surface area contributed by atoms with Crippen LogP contribution in [0.25, 0.3) is 5.69 Å². The van der Waals surface area contributed by atoms with Crippen molar-refractivity contribution in [1.82, 2.24) is 9.78 Å². The van der Waals surface area contributed by atoms with Gasteiger partial charge in [0.05, 0.1) is 18.0 Å². The van der Waals surface area contributed by atoms with E-state index in [-0.39, 0.29) is 18.9 Å². The highest BCUT2D eigenvalue weighted by atomic mass is 16.5. The van der Waals surface area contributed by atoms with Crippen LogP contribution in [0.5, 0.6) is 0 Å². The highest BCUT2D eigenvalue weighted by molar-refractivity contribution is 5.87. The molecular formula is C15H16N2O4. The summed E-state index contributed by atoms with van der Waals surface area (Å²) in [5.41, 5.74) is 1.55. The third-order valence-corrected chi connectivity index (χ3v) is 2.69. The smallest absolute Gasteiger partial charge is 0.358 e. The number of para-hydroxylation sites is 1. The molecular weight excluding hydrogens is 272 g/mol. The summed E-state index contributed by atoms with van der Waals surface area (Å²) in [5, 5.41) is 4.23. The van der Waals surface area contributed by atoms with Crippen LogP contribution in [0.15, 0.2) is 36.4 Å². The fraction of sp³-hybridized carbons (Fsp3) is 0.267. The van der Waals surface area contributed by atoms with E-state index in [4.69, 9.17) is 9.47 Å². The molecule has 2 aromatic rings. The molecule has 21 heavy (non-hydrogen) atoms. The van der Waals surface area contributed by atoms with Crippen LogP contribution in [0, 0.1) is 0 Å². The minimum absolute atomic E-state index is 0.0383. The lowest BCUT2D eigenvalue weighted by Crippen LogP contribution is -2.08. The largest absolute Gasteiger partial charge is 0.461 e. The van der Waals surface area contributed by atoms with E-state index in [0.717, 1.165) is 5.69 Å². The monoisotopic (exact) mass is 288 g/mol. The van der Waals surface area contributed by atoms with Crippen molar-refractivity contribution in [2.45, 2.75) is 20.5 Å². The van der Waals surface area contributed by atoms with Crippen LogP contribution >= 0.6 is 0 Å². The minimum Gasteiger partial charge on any atom is -0.461 e. The molecule has 0 unspecified atom stereocenters. The van der Waals surface area contributed by atoms with Crippen LogP contribution in [0.1, 0.15) is 30.0 Å². The van der Waals surface area contributed by atoms with Gasteiger partial charge in [-0.3, -0.25) is 4.79 Å². The fourth-order valence-corrected chi connectivity index (χ4v) is 1.80. The molecule has 0 fully saturated rings. The molecule has 0 saturated heterocycles. The molecule has 0 aliphatic carbocycles. The number of hydrogen-bond donors (Lipinski definition) is 0. The zero-order chi connectivity index (χ0) is 15.2. The number of esters is 2. The molecule has 6 nitrogen and oxygen atoms in total. The first-order chi connectivity index (χ1) is 10.1. The number of nitrogens with zero attached hydrogens (tertiary/aromatic N) is 2. The van der Waals surface area contributed by atoms with Crippen LogP contribution in [-0.2, 0) is 20.9 Å². The van der Waals surface area contributed by atoms with Crippen molar-refractivity contribution < 1.29 is 19.1 Å². The van der Waals surface area contributed by atoms with E-state index in [9.17, 15) is 9.59 Å². The van der Waals surface area contributed by atoms with Crippen LogP contribution in [-0.4, -0.2) is 28.3 Å². The van der Waals surface area contributed by atoms with Crippen molar-refractivity contribution >= 4 is 11.9 Å². The van der Waals surface area contributed by atoms with Gasteiger partial charge in [-0.2, -0.15) is 5.10 Å². The Kier molecular flexibility index (Phi) is 4.71. The zero-order valence-electron chi connectivity index (χ0n) is 11.9. The van der Waals surface area contributed by atoms with E-state index in [1.165, 1.54) is 6.92 Å². The maximum absolute atomic E-state index is 11.8. The Morgan fingerprint density at radius 3 is 2.52 bits per heavy atom. The maximum Gasteiger partial charge on any atom is 0.358 e. The van der Waals surface area contributed by atoms with Crippen molar-refractivity contribution in [1.29, 1.82) is 0 Å². The average Bonchev–Trinajstić information content (AvgIpc) is 2.90. The molecule has 0 atom stereocenters. The standard InChI is InChI=1S/C15H16N2O4/c1-3-20-15(19)14-9-13(10-21-11(2)18)17(16-14)12-7-5-4-6-8-12/h4-9H,3,10H2,1-2H3. The van der Waals surface area contributed by atoms with Gasteiger partial charge in [-0.1, -0.05) is 18.2 Å². The molecule has 0 radical (unpaired) electrons. The molecule has 0 N–H and O–H groups in total. The Labute approximate surface area is 122 Å². The van der Waals surface area contributed by atoms with Crippen LogP contribution in [0.3, 0.4) is 0 Å². The van der Waals surface area contributed by atoms with Gasteiger partial charge in [0.2, 0.25) is 0 Å². The van der Waals surface area contributed by atoms with E-state index < -0.39 is 11.9 Å². The summed E-state index contributed by atoms with van der Waals surface area (Å²) >= 11 is 0. The van der Waals surface area contributed by atoms with Crippen molar-refractivity contribution in [3.8, 4) is 5.69 Å². The normalized spacial score (nSPS) is 10.2. The Balaban J connectivity index is 2.36. The second kappa shape index (κ2) is 6.69. The summed E-state index contributed by atoms with van der Waals surface area (Å²) in [6.45, 7) is 3.37. The average molecular weight is 288 g/mol. The van der Waals surface area contributed by atoms with E-state index in [1.54, 1.807) is 17.7 Å². The Bertz CT molecular complexity index is 634. The lowest BCUT2D eigenvalue weighted by atomic mass is 10.3. The van der Waals surface area contributed by atoms with Crippen LogP contribution in [0.2, 0.25) is 0 Å². The maximum atomic E-state index is 11.8.